The third-order valence-electron chi connectivity index (χ3n) is 2.84. The molecule has 0 unspecified atom stereocenters. The topological polar surface area (TPSA) is 51.0 Å². The highest BCUT2D eigenvalue weighted by molar-refractivity contribution is 5.60. The summed E-state index contributed by atoms with van der Waals surface area (Å²) in [6.07, 6.45) is 5.17. The van der Waals surface area contributed by atoms with Gasteiger partial charge in [0.05, 0.1) is 6.20 Å². The number of aryl methyl sites for hydroxylation is 1. The van der Waals surface area contributed by atoms with Crippen molar-refractivity contribution in [3.05, 3.63) is 60.6 Å². The van der Waals surface area contributed by atoms with Crippen LogP contribution in [0, 0.1) is 6.92 Å². The monoisotopic (exact) mass is 251 g/mol. The Balaban J connectivity index is 1.85. The molecule has 0 radical (unpaired) electrons. The molecule has 0 amide bonds. The van der Waals surface area contributed by atoms with E-state index in [0.29, 0.717) is 11.8 Å². The van der Waals surface area contributed by atoms with E-state index in [1.54, 1.807) is 18.6 Å². The summed E-state index contributed by atoms with van der Waals surface area (Å²) in [7, 11) is 0. The van der Waals surface area contributed by atoms with Crippen molar-refractivity contribution in [1.29, 1.82) is 0 Å². The van der Waals surface area contributed by atoms with Crippen molar-refractivity contribution in [1.82, 2.24) is 9.97 Å². The van der Waals surface area contributed by atoms with Crippen LogP contribution in [0.5, 0.6) is 0 Å². The number of anilines is 2. The molecule has 3 aromatic rings. The predicted octanol–water partition coefficient (Wildman–Crippen LogP) is 3.79. The Hall–Kier alpha value is -2.62. The molecule has 0 saturated carbocycles. The Morgan fingerprint density at radius 1 is 1.05 bits per heavy atom. The minimum Gasteiger partial charge on any atom is -0.423 e. The molecule has 3 rings (SSSR count). The summed E-state index contributed by atoms with van der Waals surface area (Å²) in [5.74, 6) is 0.698. The van der Waals surface area contributed by atoms with Gasteiger partial charge in [0, 0.05) is 23.6 Å². The molecule has 0 fully saturated rings. The SMILES string of the molecule is Cc1ccccc1Nc1ncc(-c2cccnc2)o1. The number of pyridine rings is 1. The Labute approximate surface area is 111 Å². The minimum absolute atomic E-state index is 0.480. The third-order valence-corrected chi connectivity index (χ3v) is 2.84. The number of hydrogen-bond donors (Lipinski definition) is 1. The Morgan fingerprint density at radius 2 is 1.95 bits per heavy atom. The lowest BCUT2D eigenvalue weighted by Crippen LogP contribution is -1.92. The molecule has 1 N–H and O–H groups in total. The van der Waals surface area contributed by atoms with E-state index in [1.165, 1.54) is 0 Å². The van der Waals surface area contributed by atoms with Crippen LogP contribution >= 0.6 is 0 Å². The molecule has 0 bridgehead atoms. The van der Waals surface area contributed by atoms with E-state index < -0.39 is 0 Å². The van der Waals surface area contributed by atoms with Gasteiger partial charge >= 0.3 is 0 Å². The molecule has 2 heterocycles. The van der Waals surface area contributed by atoms with Crippen LogP contribution in [0.15, 0.2) is 59.4 Å². The zero-order valence-electron chi connectivity index (χ0n) is 10.5. The van der Waals surface area contributed by atoms with Gasteiger partial charge in [0.2, 0.25) is 0 Å². The first-order valence-electron chi connectivity index (χ1n) is 6.02. The highest BCUT2D eigenvalue weighted by atomic mass is 16.4. The average molecular weight is 251 g/mol. The van der Waals surface area contributed by atoms with Gasteiger partial charge in [-0.2, -0.15) is 0 Å². The van der Waals surface area contributed by atoms with Gasteiger partial charge in [-0.15, -0.1) is 0 Å². The van der Waals surface area contributed by atoms with Crippen LogP contribution in [0.1, 0.15) is 5.56 Å². The molecule has 0 atom stereocenters. The molecule has 1 aromatic carbocycles. The van der Waals surface area contributed by atoms with Crippen LogP contribution in [0.2, 0.25) is 0 Å². The standard InChI is InChI=1S/C15H13N3O/c1-11-5-2-3-7-13(11)18-15-17-10-14(19-15)12-6-4-8-16-9-12/h2-10H,1H3,(H,17,18). The van der Waals surface area contributed by atoms with Gasteiger partial charge in [0.1, 0.15) is 0 Å². The minimum atomic E-state index is 0.480. The fraction of sp³-hybridized carbons (Fsp3) is 0.0667. The number of hydrogen-bond acceptors (Lipinski definition) is 4. The average Bonchev–Trinajstić information content (AvgIpc) is 2.91. The van der Waals surface area contributed by atoms with E-state index in [2.05, 4.69) is 15.3 Å². The smallest absolute Gasteiger partial charge is 0.299 e. The third kappa shape index (κ3) is 2.47. The Bertz CT molecular complexity index is 677. The molecular weight excluding hydrogens is 238 g/mol. The molecule has 94 valence electrons. The first kappa shape index (κ1) is 11.5. The number of aromatic nitrogens is 2. The van der Waals surface area contributed by atoms with Crippen LogP contribution in [-0.2, 0) is 0 Å². The van der Waals surface area contributed by atoms with Crippen molar-refractivity contribution in [3.63, 3.8) is 0 Å². The Morgan fingerprint density at radius 3 is 2.74 bits per heavy atom. The van der Waals surface area contributed by atoms with Crippen molar-refractivity contribution in [2.45, 2.75) is 6.92 Å². The fourth-order valence-electron chi connectivity index (χ4n) is 1.80. The summed E-state index contributed by atoms with van der Waals surface area (Å²) in [4.78, 5) is 8.28. The van der Waals surface area contributed by atoms with Gasteiger partial charge in [0.25, 0.3) is 6.01 Å². The van der Waals surface area contributed by atoms with Crippen LogP contribution in [0.25, 0.3) is 11.3 Å². The molecular formula is C15H13N3O. The molecule has 0 aliphatic rings. The van der Waals surface area contributed by atoms with Crippen LogP contribution in [0.4, 0.5) is 11.7 Å². The number of rotatable bonds is 3. The van der Waals surface area contributed by atoms with Crippen molar-refractivity contribution >= 4 is 11.7 Å². The lowest BCUT2D eigenvalue weighted by atomic mass is 10.2. The van der Waals surface area contributed by atoms with E-state index in [9.17, 15) is 0 Å². The molecule has 0 saturated heterocycles. The largest absolute Gasteiger partial charge is 0.423 e. The number of oxazole rings is 1. The highest BCUT2D eigenvalue weighted by Crippen LogP contribution is 2.24. The maximum absolute atomic E-state index is 5.67. The lowest BCUT2D eigenvalue weighted by molar-refractivity contribution is 0.591. The van der Waals surface area contributed by atoms with Crippen LogP contribution in [0.3, 0.4) is 0 Å². The van der Waals surface area contributed by atoms with Gasteiger partial charge in [-0.1, -0.05) is 18.2 Å². The van der Waals surface area contributed by atoms with Gasteiger partial charge in [-0.25, -0.2) is 4.98 Å². The first-order chi connectivity index (χ1) is 9.33. The molecule has 0 spiro atoms. The molecule has 4 nitrogen and oxygen atoms in total. The van der Waals surface area contributed by atoms with E-state index in [0.717, 1.165) is 16.8 Å². The summed E-state index contributed by atoms with van der Waals surface area (Å²) in [6, 6.07) is 12.3. The van der Waals surface area contributed by atoms with Crippen molar-refractivity contribution in [2.24, 2.45) is 0 Å². The number of benzene rings is 1. The highest BCUT2D eigenvalue weighted by Gasteiger charge is 2.07. The van der Waals surface area contributed by atoms with E-state index >= 15 is 0 Å². The van der Waals surface area contributed by atoms with Gasteiger partial charge in [-0.05, 0) is 30.7 Å². The normalized spacial score (nSPS) is 10.4. The zero-order valence-corrected chi connectivity index (χ0v) is 10.5. The number of nitrogens with zero attached hydrogens (tertiary/aromatic N) is 2. The summed E-state index contributed by atoms with van der Waals surface area (Å²) in [5, 5.41) is 3.16. The van der Waals surface area contributed by atoms with Crippen molar-refractivity contribution in [3.8, 4) is 11.3 Å². The second-order valence-electron chi connectivity index (χ2n) is 4.21. The second kappa shape index (κ2) is 4.94. The number of para-hydroxylation sites is 1. The van der Waals surface area contributed by atoms with Crippen molar-refractivity contribution < 1.29 is 4.42 Å². The molecule has 2 aromatic heterocycles. The quantitative estimate of drug-likeness (QED) is 0.769. The van der Waals surface area contributed by atoms with E-state index in [1.807, 2.05) is 43.3 Å². The summed E-state index contributed by atoms with van der Waals surface area (Å²) in [6.45, 7) is 2.04. The Kier molecular flexibility index (Phi) is 2.98. The molecule has 0 aliphatic heterocycles. The number of nitrogens with one attached hydrogen (secondary N) is 1. The summed E-state index contributed by atoms with van der Waals surface area (Å²) in [5.41, 5.74) is 3.04. The summed E-state index contributed by atoms with van der Waals surface area (Å²) < 4.78 is 5.67. The van der Waals surface area contributed by atoms with E-state index in [4.69, 9.17) is 4.42 Å². The van der Waals surface area contributed by atoms with Crippen LogP contribution in [-0.4, -0.2) is 9.97 Å². The van der Waals surface area contributed by atoms with Crippen molar-refractivity contribution in [2.75, 3.05) is 5.32 Å². The van der Waals surface area contributed by atoms with Gasteiger partial charge in [0.15, 0.2) is 5.76 Å². The zero-order chi connectivity index (χ0) is 13.1. The molecule has 19 heavy (non-hydrogen) atoms. The second-order valence-corrected chi connectivity index (χ2v) is 4.21. The van der Waals surface area contributed by atoms with Crippen LogP contribution < -0.4 is 5.32 Å². The predicted molar refractivity (Wildman–Crippen MR) is 74.2 cm³/mol. The lowest BCUT2D eigenvalue weighted by Gasteiger charge is -2.04. The molecule has 4 heteroatoms. The maximum atomic E-state index is 5.67. The first-order valence-corrected chi connectivity index (χ1v) is 6.02. The van der Waals surface area contributed by atoms with Gasteiger partial charge < -0.3 is 9.73 Å². The fourth-order valence-corrected chi connectivity index (χ4v) is 1.80. The molecule has 0 aliphatic carbocycles. The maximum Gasteiger partial charge on any atom is 0.299 e. The summed E-state index contributed by atoms with van der Waals surface area (Å²) >= 11 is 0. The van der Waals surface area contributed by atoms with Gasteiger partial charge in [-0.3, -0.25) is 4.98 Å². The van der Waals surface area contributed by atoms with E-state index in [-0.39, 0.29) is 0 Å².